The minimum absolute atomic E-state index is 0.139. The molecule has 1 unspecified atom stereocenters. The van der Waals surface area contributed by atoms with Gasteiger partial charge in [0.2, 0.25) is 0 Å². The van der Waals surface area contributed by atoms with E-state index < -0.39 is 5.97 Å². The fraction of sp³-hybridized carbons (Fsp3) is 0.538. The summed E-state index contributed by atoms with van der Waals surface area (Å²) in [6.45, 7) is 3.42. The Morgan fingerprint density at radius 1 is 1.63 bits per heavy atom. The second kappa shape index (κ2) is 5.05. The predicted molar refractivity (Wildman–Crippen MR) is 72.5 cm³/mol. The number of carboxylic acid groups (broad SMARTS) is 1. The lowest BCUT2D eigenvalue weighted by Gasteiger charge is -2.40. The molecule has 6 heteroatoms. The maximum absolute atomic E-state index is 11.3. The van der Waals surface area contributed by atoms with Crippen LogP contribution in [0.15, 0.2) is 12.3 Å². The highest BCUT2D eigenvalue weighted by atomic mass is 16.5. The Balaban J connectivity index is 2.33. The van der Waals surface area contributed by atoms with Gasteiger partial charge in [0.05, 0.1) is 17.5 Å². The second-order valence-electron chi connectivity index (χ2n) is 5.12. The molecular formula is C13H19N3O3. The molecule has 0 radical (unpaired) electrons. The summed E-state index contributed by atoms with van der Waals surface area (Å²) in [5.74, 6) is -0.552. The maximum atomic E-state index is 11.3. The number of pyridine rings is 1. The first-order valence-electron chi connectivity index (χ1n) is 6.24. The molecule has 1 fully saturated rings. The van der Waals surface area contributed by atoms with Gasteiger partial charge in [0.25, 0.3) is 0 Å². The summed E-state index contributed by atoms with van der Waals surface area (Å²) >= 11 is 0. The van der Waals surface area contributed by atoms with Gasteiger partial charge in [-0.05, 0) is 25.8 Å². The molecule has 0 aliphatic carbocycles. The van der Waals surface area contributed by atoms with E-state index in [9.17, 15) is 9.90 Å². The van der Waals surface area contributed by atoms with E-state index in [2.05, 4.69) is 4.98 Å². The Labute approximate surface area is 112 Å². The number of aromatic nitrogens is 1. The lowest BCUT2D eigenvalue weighted by molar-refractivity contribution is -0.00488. The lowest BCUT2D eigenvalue weighted by Crippen LogP contribution is -2.48. The largest absolute Gasteiger partial charge is 0.478 e. The summed E-state index contributed by atoms with van der Waals surface area (Å²) in [7, 11) is 1.68. The third-order valence-corrected chi connectivity index (χ3v) is 3.57. The molecule has 19 heavy (non-hydrogen) atoms. The number of aromatic carboxylic acids is 1. The van der Waals surface area contributed by atoms with Crippen molar-refractivity contribution >= 4 is 17.5 Å². The first-order chi connectivity index (χ1) is 8.95. The molecule has 3 N–H and O–H groups in total. The van der Waals surface area contributed by atoms with Gasteiger partial charge in [-0.1, -0.05) is 0 Å². The van der Waals surface area contributed by atoms with Crippen molar-refractivity contribution in [1.82, 2.24) is 4.98 Å². The average Bonchev–Trinajstić information content (AvgIpc) is 2.38. The summed E-state index contributed by atoms with van der Waals surface area (Å²) < 4.78 is 5.51. The molecule has 1 saturated heterocycles. The highest BCUT2D eigenvalue weighted by Gasteiger charge is 2.32. The third-order valence-electron chi connectivity index (χ3n) is 3.57. The van der Waals surface area contributed by atoms with Crippen LogP contribution in [-0.4, -0.2) is 41.9 Å². The number of hydrogen-bond acceptors (Lipinski definition) is 5. The van der Waals surface area contributed by atoms with Crippen molar-refractivity contribution in [2.75, 3.05) is 30.8 Å². The molecule has 2 heterocycles. The van der Waals surface area contributed by atoms with Crippen LogP contribution in [0.2, 0.25) is 0 Å². The van der Waals surface area contributed by atoms with Crippen LogP contribution in [0.25, 0.3) is 0 Å². The quantitative estimate of drug-likeness (QED) is 0.858. The van der Waals surface area contributed by atoms with E-state index in [4.69, 9.17) is 10.5 Å². The number of rotatable bonds is 3. The monoisotopic (exact) mass is 265 g/mol. The van der Waals surface area contributed by atoms with E-state index in [1.54, 1.807) is 7.11 Å². The fourth-order valence-corrected chi connectivity index (χ4v) is 2.44. The summed E-state index contributed by atoms with van der Waals surface area (Å²) in [5, 5.41) is 9.25. The molecule has 0 spiro atoms. The van der Waals surface area contributed by atoms with Crippen LogP contribution in [0.3, 0.4) is 0 Å². The number of carbonyl (C=O) groups is 1. The van der Waals surface area contributed by atoms with E-state index in [0.717, 1.165) is 19.4 Å². The first-order valence-corrected chi connectivity index (χ1v) is 6.24. The molecule has 0 saturated carbocycles. The van der Waals surface area contributed by atoms with Gasteiger partial charge in [-0.15, -0.1) is 0 Å². The number of ether oxygens (including phenoxy) is 1. The molecule has 2 rings (SSSR count). The molecular weight excluding hydrogens is 246 g/mol. The smallest absolute Gasteiger partial charge is 0.339 e. The van der Waals surface area contributed by atoms with Gasteiger partial charge in [0.15, 0.2) is 0 Å². The van der Waals surface area contributed by atoms with Gasteiger partial charge in [0.1, 0.15) is 11.4 Å². The fourth-order valence-electron chi connectivity index (χ4n) is 2.44. The van der Waals surface area contributed by atoms with E-state index in [0.29, 0.717) is 18.1 Å². The number of nitrogens with zero attached hydrogens (tertiary/aromatic N) is 2. The number of nitrogen functional groups attached to an aromatic ring is 1. The van der Waals surface area contributed by atoms with Crippen molar-refractivity contribution < 1.29 is 14.6 Å². The van der Waals surface area contributed by atoms with E-state index in [-0.39, 0.29) is 11.2 Å². The molecule has 1 atom stereocenters. The van der Waals surface area contributed by atoms with E-state index in [1.165, 1.54) is 12.3 Å². The molecule has 0 bridgehead atoms. The zero-order valence-electron chi connectivity index (χ0n) is 11.2. The minimum atomic E-state index is -1.01. The Kier molecular flexibility index (Phi) is 3.61. The highest BCUT2D eigenvalue weighted by molar-refractivity contribution is 5.94. The topological polar surface area (TPSA) is 88.7 Å². The van der Waals surface area contributed by atoms with Gasteiger partial charge >= 0.3 is 5.97 Å². The molecule has 1 aromatic rings. The van der Waals surface area contributed by atoms with Crippen molar-refractivity contribution in [2.45, 2.75) is 25.4 Å². The first kappa shape index (κ1) is 13.6. The molecule has 0 aromatic carbocycles. The predicted octanol–water partition coefficient (Wildman–Crippen LogP) is 1.37. The van der Waals surface area contributed by atoms with E-state index in [1.807, 2.05) is 11.8 Å². The second-order valence-corrected chi connectivity index (χ2v) is 5.12. The SMILES string of the molecule is COC1(C)CCCN(c2ncc(N)cc2C(=O)O)C1. The average molecular weight is 265 g/mol. The van der Waals surface area contributed by atoms with Crippen molar-refractivity contribution in [1.29, 1.82) is 0 Å². The van der Waals surface area contributed by atoms with Crippen molar-refractivity contribution in [3.8, 4) is 0 Å². The third kappa shape index (κ3) is 2.78. The highest BCUT2D eigenvalue weighted by Crippen LogP contribution is 2.29. The van der Waals surface area contributed by atoms with Crippen LogP contribution in [0.5, 0.6) is 0 Å². The number of methoxy groups -OCH3 is 1. The van der Waals surface area contributed by atoms with Crippen LogP contribution < -0.4 is 10.6 Å². The molecule has 1 aliphatic rings. The summed E-state index contributed by atoms with van der Waals surface area (Å²) in [6.07, 6.45) is 3.38. The van der Waals surface area contributed by atoms with Crippen LogP contribution in [0.1, 0.15) is 30.1 Å². The molecule has 6 nitrogen and oxygen atoms in total. The Hall–Kier alpha value is -1.82. The standard InChI is InChI=1S/C13H19N3O3/c1-13(19-2)4-3-5-16(8-13)11-10(12(17)18)6-9(14)7-15-11/h6-7H,3-5,8,14H2,1-2H3,(H,17,18). The minimum Gasteiger partial charge on any atom is -0.478 e. The van der Waals surface area contributed by atoms with Crippen LogP contribution >= 0.6 is 0 Å². The number of anilines is 2. The van der Waals surface area contributed by atoms with Crippen molar-refractivity contribution in [2.24, 2.45) is 0 Å². The van der Waals surface area contributed by atoms with Gasteiger partial charge in [0, 0.05) is 20.2 Å². The van der Waals surface area contributed by atoms with Gasteiger partial charge in [-0.25, -0.2) is 9.78 Å². The van der Waals surface area contributed by atoms with Gasteiger partial charge in [-0.2, -0.15) is 0 Å². The van der Waals surface area contributed by atoms with Crippen molar-refractivity contribution in [3.05, 3.63) is 17.8 Å². The van der Waals surface area contributed by atoms with Crippen molar-refractivity contribution in [3.63, 3.8) is 0 Å². The zero-order chi connectivity index (χ0) is 14.0. The molecule has 104 valence electrons. The summed E-state index contributed by atoms with van der Waals surface area (Å²) in [5.41, 5.74) is 5.83. The molecule has 1 aromatic heterocycles. The Bertz CT molecular complexity index is 492. The van der Waals surface area contributed by atoms with Crippen LogP contribution in [0.4, 0.5) is 11.5 Å². The number of piperidine rings is 1. The maximum Gasteiger partial charge on any atom is 0.339 e. The number of carboxylic acids is 1. The molecule has 0 amide bonds. The van der Waals surface area contributed by atoms with E-state index >= 15 is 0 Å². The Morgan fingerprint density at radius 2 is 2.37 bits per heavy atom. The summed E-state index contributed by atoms with van der Waals surface area (Å²) in [4.78, 5) is 17.4. The normalized spacial score (nSPS) is 23.4. The zero-order valence-corrected chi connectivity index (χ0v) is 11.2. The lowest BCUT2D eigenvalue weighted by atomic mass is 9.94. The Morgan fingerprint density at radius 3 is 3.00 bits per heavy atom. The van der Waals surface area contributed by atoms with Crippen LogP contribution in [0, 0.1) is 0 Å². The number of hydrogen-bond donors (Lipinski definition) is 2. The number of nitrogens with two attached hydrogens (primary N) is 1. The summed E-state index contributed by atoms with van der Waals surface area (Å²) in [6, 6.07) is 1.45. The van der Waals surface area contributed by atoms with Gasteiger partial charge in [-0.3, -0.25) is 0 Å². The van der Waals surface area contributed by atoms with Gasteiger partial charge < -0.3 is 20.5 Å². The van der Waals surface area contributed by atoms with Crippen LogP contribution in [-0.2, 0) is 4.74 Å². The molecule has 1 aliphatic heterocycles.